The van der Waals surface area contributed by atoms with Crippen molar-refractivity contribution in [2.75, 3.05) is 0 Å². The Morgan fingerprint density at radius 3 is 2.53 bits per heavy atom. The molecule has 1 aliphatic rings. The quantitative estimate of drug-likeness (QED) is 0.855. The van der Waals surface area contributed by atoms with Gasteiger partial charge in [-0.2, -0.15) is 5.10 Å². The molecule has 0 spiro atoms. The lowest BCUT2D eigenvalue weighted by Crippen LogP contribution is -2.41. The summed E-state index contributed by atoms with van der Waals surface area (Å²) < 4.78 is 2.14. The summed E-state index contributed by atoms with van der Waals surface area (Å²) in [5.41, 5.74) is 9.49. The largest absolute Gasteiger partial charge is 0.327 e. The summed E-state index contributed by atoms with van der Waals surface area (Å²) in [6, 6.07) is 2.54. The van der Waals surface area contributed by atoms with Crippen molar-refractivity contribution in [3.63, 3.8) is 0 Å². The van der Waals surface area contributed by atoms with Crippen LogP contribution in [-0.4, -0.2) is 15.8 Å². The van der Waals surface area contributed by atoms with Crippen LogP contribution in [0.4, 0.5) is 0 Å². The van der Waals surface area contributed by atoms with Gasteiger partial charge >= 0.3 is 0 Å². The van der Waals surface area contributed by atoms with Crippen molar-refractivity contribution >= 4 is 0 Å². The fraction of sp³-hybridized carbons (Fsp3) is 0.812. The number of hydrogen-bond donors (Lipinski definition) is 1. The van der Waals surface area contributed by atoms with Crippen molar-refractivity contribution < 1.29 is 0 Å². The lowest BCUT2D eigenvalue weighted by atomic mass is 9.75. The highest BCUT2D eigenvalue weighted by Crippen LogP contribution is 2.43. The summed E-state index contributed by atoms with van der Waals surface area (Å²) in [6.45, 7) is 7.57. The van der Waals surface area contributed by atoms with E-state index in [0.717, 1.165) is 19.4 Å². The molecule has 1 atom stereocenters. The van der Waals surface area contributed by atoms with Crippen LogP contribution in [0.25, 0.3) is 0 Å². The summed E-state index contributed by atoms with van der Waals surface area (Å²) in [5, 5.41) is 4.64. The van der Waals surface area contributed by atoms with Crippen molar-refractivity contribution in [2.24, 2.45) is 11.1 Å². The highest BCUT2D eigenvalue weighted by molar-refractivity contribution is 5.13. The Morgan fingerprint density at radius 1 is 1.32 bits per heavy atom. The standard InChI is InChI=1S/C16H29N3/c1-4-13-11-14(19(6-3)18-13)12-15(17)16(5-2)9-7-8-10-16/h11,15H,4-10,12,17H2,1-3H3. The zero-order valence-electron chi connectivity index (χ0n) is 12.8. The van der Waals surface area contributed by atoms with Crippen molar-refractivity contribution in [2.45, 2.75) is 78.3 Å². The number of rotatable bonds is 6. The normalized spacial score (nSPS) is 19.8. The smallest absolute Gasteiger partial charge is 0.0624 e. The van der Waals surface area contributed by atoms with E-state index in [-0.39, 0.29) is 6.04 Å². The fourth-order valence-corrected chi connectivity index (χ4v) is 3.63. The predicted molar refractivity (Wildman–Crippen MR) is 80.2 cm³/mol. The first kappa shape index (κ1) is 14.6. The summed E-state index contributed by atoms with van der Waals surface area (Å²) in [4.78, 5) is 0. The second-order valence-electron chi connectivity index (χ2n) is 6.03. The van der Waals surface area contributed by atoms with E-state index in [0.29, 0.717) is 5.41 Å². The second kappa shape index (κ2) is 6.08. The van der Waals surface area contributed by atoms with Gasteiger partial charge in [-0.25, -0.2) is 0 Å². The van der Waals surface area contributed by atoms with Gasteiger partial charge in [0.1, 0.15) is 0 Å². The van der Waals surface area contributed by atoms with Crippen LogP contribution in [0, 0.1) is 5.41 Å². The molecule has 0 aliphatic heterocycles. The Hall–Kier alpha value is -0.830. The third-order valence-corrected chi connectivity index (χ3v) is 5.09. The molecular weight excluding hydrogens is 234 g/mol. The molecule has 108 valence electrons. The molecule has 3 heteroatoms. The zero-order valence-corrected chi connectivity index (χ0v) is 12.8. The molecule has 0 radical (unpaired) electrons. The van der Waals surface area contributed by atoms with Crippen molar-refractivity contribution in [3.05, 3.63) is 17.5 Å². The number of aryl methyl sites for hydroxylation is 2. The van der Waals surface area contributed by atoms with E-state index in [1.54, 1.807) is 0 Å². The van der Waals surface area contributed by atoms with Gasteiger partial charge < -0.3 is 5.73 Å². The highest BCUT2D eigenvalue weighted by atomic mass is 15.3. The van der Waals surface area contributed by atoms with Gasteiger partial charge in [0.25, 0.3) is 0 Å². The average Bonchev–Trinajstić information content (AvgIpc) is 3.05. The monoisotopic (exact) mass is 263 g/mol. The van der Waals surface area contributed by atoms with Crippen LogP contribution in [0.1, 0.15) is 64.3 Å². The van der Waals surface area contributed by atoms with E-state index < -0.39 is 0 Å². The van der Waals surface area contributed by atoms with Gasteiger partial charge in [-0.3, -0.25) is 4.68 Å². The van der Waals surface area contributed by atoms with Crippen LogP contribution in [0.3, 0.4) is 0 Å². The molecule has 1 aliphatic carbocycles. The molecule has 0 aromatic carbocycles. The van der Waals surface area contributed by atoms with E-state index >= 15 is 0 Å². The zero-order chi connectivity index (χ0) is 13.9. The minimum absolute atomic E-state index is 0.284. The Kier molecular flexibility index (Phi) is 4.67. The Morgan fingerprint density at radius 2 is 2.00 bits per heavy atom. The van der Waals surface area contributed by atoms with E-state index in [9.17, 15) is 0 Å². The minimum Gasteiger partial charge on any atom is -0.327 e. The molecule has 0 bridgehead atoms. The average molecular weight is 263 g/mol. The van der Waals surface area contributed by atoms with Gasteiger partial charge in [-0.05, 0) is 44.1 Å². The fourth-order valence-electron chi connectivity index (χ4n) is 3.63. The van der Waals surface area contributed by atoms with E-state index in [4.69, 9.17) is 5.73 Å². The topological polar surface area (TPSA) is 43.8 Å². The Labute approximate surface area is 117 Å². The molecule has 1 saturated carbocycles. The van der Waals surface area contributed by atoms with Crippen molar-refractivity contribution in [3.8, 4) is 0 Å². The van der Waals surface area contributed by atoms with Crippen LogP contribution in [0.15, 0.2) is 6.07 Å². The molecule has 3 nitrogen and oxygen atoms in total. The third-order valence-electron chi connectivity index (χ3n) is 5.09. The molecule has 19 heavy (non-hydrogen) atoms. The van der Waals surface area contributed by atoms with E-state index in [1.165, 1.54) is 43.5 Å². The van der Waals surface area contributed by atoms with E-state index in [1.807, 2.05) is 0 Å². The third kappa shape index (κ3) is 2.86. The maximum absolute atomic E-state index is 6.59. The van der Waals surface area contributed by atoms with Crippen LogP contribution >= 0.6 is 0 Å². The van der Waals surface area contributed by atoms with Crippen LogP contribution in [-0.2, 0) is 19.4 Å². The molecule has 1 heterocycles. The summed E-state index contributed by atoms with van der Waals surface area (Å²) in [7, 11) is 0. The van der Waals surface area contributed by atoms with Crippen LogP contribution in [0.2, 0.25) is 0 Å². The Balaban J connectivity index is 2.13. The van der Waals surface area contributed by atoms with Gasteiger partial charge in [0.15, 0.2) is 0 Å². The summed E-state index contributed by atoms with van der Waals surface area (Å²) >= 11 is 0. The van der Waals surface area contributed by atoms with E-state index in [2.05, 4.69) is 36.6 Å². The summed E-state index contributed by atoms with van der Waals surface area (Å²) in [6.07, 6.45) is 8.54. The highest BCUT2D eigenvalue weighted by Gasteiger charge is 2.38. The number of nitrogens with two attached hydrogens (primary N) is 1. The lowest BCUT2D eigenvalue weighted by molar-refractivity contribution is 0.216. The summed E-state index contributed by atoms with van der Waals surface area (Å²) in [5.74, 6) is 0. The SMILES string of the molecule is CCc1cc(CC(N)C2(CC)CCCC2)n(CC)n1. The van der Waals surface area contributed by atoms with Crippen molar-refractivity contribution in [1.82, 2.24) is 9.78 Å². The van der Waals surface area contributed by atoms with Crippen LogP contribution < -0.4 is 5.73 Å². The molecule has 2 rings (SSSR count). The molecule has 0 amide bonds. The number of hydrogen-bond acceptors (Lipinski definition) is 2. The first-order chi connectivity index (χ1) is 9.15. The van der Waals surface area contributed by atoms with Gasteiger partial charge in [0, 0.05) is 24.7 Å². The molecular formula is C16H29N3. The molecule has 1 aromatic rings. The second-order valence-corrected chi connectivity index (χ2v) is 6.03. The molecule has 1 unspecified atom stereocenters. The molecule has 1 aromatic heterocycles. The lowest BCUT2D eigenvalue weighted by Gasteiger charge is -2.34. The minimum atomic E-state index is 0.284. The maximum atomic E-state index is 6.59. The number of aromatic nitrogens is 2. The molecule has 2 N–H and O–H groups in total. The first-order valence-electron chi connectivity index (χ1n) is 7.96. The molecule has 0 saturated heterocycles. The van der Waals surface area contributed by atoms with Crippen molar-refractivity contribution in [1.29, 1.82) is 0 Å². The predicted octanol–water partition coefficient (Wildman–Crippen LogP) is 3.31. The van der Waals surface area contributed by atoms with Gasteiger partial charge in [0.05, 0.1) is 5.69 Å². The number of nitrogens with zero attached hydrogens (tertiary/aromatic N) is 2. The first-order valence-corrected chi connectivity index (χ1v) is 7.96. The Bertz CT molecular complexity index is 402. The van der Waals surface area contributed by atoms with Gasteiger partial charge in [-0.15, -0.1) is 0 Å². The molecule has 1 fully saturated rings. The van der Waals surface area contributed by atoms with Gasteiger partial charge in [-0.1, -0.05) is 26.7 Å². The van der Waals surface area contributed by atoms with Crippen LogP contribution in [0.5, 0.6) is 0 Å². The maximum Gasteiger partial charge on any atom is 0.0624 e. The van der Waals surface area contributed by atoms with Gasteiger partial charge in [0.2, 0.25) is 0 Å².